The van der Waals surface area contributed by atoms with E-state index in [1.54, 1.807) is 12.1 Å². The highest BCUT2D eigenvalue weighted by molar-refractivity contribution is 7.90. The average molecular weight is 269 g/mol. The van der Waals surface area contributed by atoms with Crippen LogP contribution in [0.15, 0.2) is 18.2 Å². The second-order valence-corrected chi connectivity index (χ2v) is 5.66. The summed E-state index contributed by atoms with van der Waals surface area (Å²) in [6, 6.07) is 4.73. The minimum atomic E-state index is -3.55. The van der Waals surface area contributed by atoms with E-state index in [1.807, 2.05) is 0 Å². The average Bonchev–Trinajstić information content (AvgIpc) is 2.12. The molecule has 0 heterocycles. The molecular formula is C8H10Cl2N2O2S. The Morgan fingerprint density at radius 3 is 2.40 bits per heavy atom. The van der Waals surface area contributed by atoms with Gasteiger partial charge in [-0.2, -0.15) is 12.7 Å². The smallest absolute Gasteiger partial charge is 0.269 e. The third-order valence-electron chi connectivity index (χ3n) is 1.67. The normalized spacial score (nSPS) is 11.8. The summed E-state index contributed by atoms with van der Waals surface area (Å²) in [6.07, 6.45) is 0. The summed E-state index contributed by atoms with van der Waals surface area (Å²) in [5.41, 5.74) is 0.262. The Morgan fingerprint density at radius 1 is 1.27 bits per heavy atom. The van der Waals surface area contributed by atoms with Crippen molar-refractivity contribution in [2.75, 3.05) is 18.8 Å². The molecule has 15 heavy (non-hydrogen) atoms. The van der Waals surface area contributed by atoms with E-state index in [-0.39, 0.29) is 10.7 Å². The summed E-state index contributed by atoms with van der Waals surface area (Å²) in [5.74, 6) is 0. The molecule has 0 spiro atoms. The van der Waals surface area contributed by atoms with Crippen molar-refractivity contribution in [1.29, 1.82) is 0 Å². The molecule has 1 aromatic carbocycles. The van der Waals surface area contributed by atoms with Crippen LogP contribution in [0.1, 0.15) is 0 Å². The first kappa shape index (κ1) is 12.6. The Kier molecular flexibility index (Phi) is 3.83. The predicted octanol–water partition coefficient (Wildman–Crippen LogP) is 2.21. The largest absolute Gasteiger partial charge is 0.301 e. The van der Waals surface area contributed by atoms with E-state index in [2.05, 4.69) is 4.72 Å². The molecule has 0 aromatic heterocycles. The van der Waals surface area contributed by atoms with Gasteiger partial charge in [-0.05, 0) is 12.1 Å². The van der Waals surface area contributed by atoms with Crippen LogP contribution in [0, 0.1) is 0 Å². The van der Waals surface area contributed by atoms with E-state index in [1.165, 1.54) is 20.2 Å². The highest BCUT2D eigenvalue weighted by atomic mass is 35.5. The van der Waals surface area contributed by atoms with Crippen molar-refractivity contribution in [3.05, 3.63) is 28.2 Å². The number of rotatable bonds is 3. The van der Waals surface area contributed by atoms with Gasteiger partial charge in [0.25, 0.3) is 0 Å². The summed E-state index contributed by atoms with van der Waals surface area (Å²) in [7, 11) is -0.715. The Morgan fingerprint density at radius 2 is 1.87 bits per heavy atom. The maximum absolute atomic E-state index is 11.5. The standard InChI is InChI=1S/C8H10Cl2N2O2S/c1-12(2)15(13,14)11-7-5-3-4-6(9)8(7)10/h3-5,11H,1-2H3. The molecule has 84 valence electrons. The lowest BCUT2D eigenvalue weighted by molar-refractivity contribution is 0.527. The third-order valence-corrected chi connectivity index (χ3v) is 3.93. The molecule has 0 aliphatic rings. The predicted molar refractivity (Wildman–Crippen MR) is 62.7 cm³/mol. The van der Waals surface area contributed by atoms with Crippen molar-refractivity contribution >= 4 is 39.1 Å². The molecule has 0 saturated carbocycles. The molecule has 0 amide bonds. The minimum absolute atomic E-state index is 0.185. The summed E-state index contributed by atoms with van der Waals surface area (Å²) in [4.78, 5) is 0. The van der Waals surface area contributed by atoms with E-state index in [4.69, 9.17) is 23.2 Å². The number of halogens is 2. The van der Waals surface area contributed by atoms with Crippen LogP contribution >= 0.6 is 23.2 Å². The molecule has 0 unspecified atom stereocenters. The van der Waals surface area contributed by atoms with Gasteiger partial charge in [0.15, 0.2) is 0 Å². The van der Waals surface area contributed by atoms with E-state index in [9.17, 15) is 8.42 Å². The molecular weight excluding hydrogens is 259 g/mol. The number of benzene rings is 1. The van der Waals surface area contributed by atoms with Crippen molar-refractivity contribution in [3.8, 4) is 0 Å². The Bertz CT molecular complexity index is 460. The fraction of sp³-hybridized carbons (Fsp3) is 0.250. The molecule has 0 saturated heterocycles. The van der Waals surface area contributed by atoms with Crippen LogP contribution in [-0.4, -0.2) is 26.8 Å². The zero-order chi connectivity index (χ0) is 11.6. The first-order valence-corrected chi connectivity index (χ1v) is 6.18. The number of anilines is 1. The molecule has 0 radical (unpaired) electrons. The van der Waals surface area contributed by atoms with Crippen LogP contribution in [0.2, 0.25) is 10.0 Å². The molecule has 0 bridgehead atoms. The highest BCUT2D eigenvalue weighted by Gasteiger charge is 2.15. The van der Waals surface area contributed by atoms with Crippen LogP contribution in [0.5, 0.6) is 0 Å². The Balaban J connectivity index is 3.06. The molecule has 0 atom stereocenters. The summed E-state index contributed by atoms with van der Waals surface area (Å²) in [6.45, 7) is 0. The van der Waals surface area contributed by atoms with Crippen molar-refractivity contribution in [3.63, 3.8) is 0 Å². The number of nitrogens with one attached hydrogen (secondary N) is 1. The monoisotopic (exact) mass is 268 g/mol. The summed E-state index contributed by atoms with van der Waals surface area (Å²) >= 11 is 11.6. The lowest BCUT2D eigenvalue weighted by Gasteiger charge is -2.14. The van der Waals surface area contributed by atoms with Gasteiger partial charge in [-0.3, -0.25) is 4.72 Å². The molecule has 0 aliphatic carbocycles. The fourth-order valence-electron chi connectivity index (χ4n) is 0.813. The topological polar surface area (TPSA) is 49.4 Å². The van der Waals surface area contributed by atoms with Crippen molar-refractivity contribution in [2.45, 2.75) is 0 Å². The lowest BCUT2D eigenvalue weighted by atomic mass is 10.3. The SMILES string of the molecule is CN(C)S(=O)(=O)Nc1cccc(Cl)c1Cl. The second-order valence-electron chi connectivity index (χ2n) is 2.99. The highest BCUT2D eigenvalue weighted by Crippen LogP contribution is 2.30. The zero-order valence-electron chi connectivity index (χ0n) is 8.16. The molecule has 4 nitrogen and oxygen atoms in total. The van der Waals surface area contributed by atoms with Crippen LogP contribution < -0.4 is 4.72 Å². The van der Waals surface area contributed by atoms with Gasteiger partial charge in [0.2, 0.25) is 0 Å². The van der Waals surface area contributed by atoms with Gasteiger partial charge in [0, 0.05) is 14.1 Å². The maximum atomic E-state index is 11.5. The third kappa shape index (κ3) is 2.98. The van der Waals surface area contributed by atoms with Crippen molar-refractivity contribution in [1.82, 2.24) is 4.31 Å². The first-order valence-electron chi connectivity index (χ1n) is 3.99. The van der Waals surface area contributed by atoms with Crippen LogP contribution in [0.4, 0.5) is 5.69 Å². The van der Waals surface area contributed by atoms with Gasteiger partial charge in [0.1, 0.15) is 0 Å². The zero-order valence-corrected chi connectivity index (χ0v) is 10.5. The number of nitrogens with zero attached hydrogens (tertiary/aromatic N) is 1. The van der Waals surface area contributed by atoms with E-state index in [0.717, 1.165) is 4.31 Å². The van der Waals surface area contributed by atoms with Crippen molar-refractivity contribution in [2.24, 2.45) is 0 Å². The molecule has 1 N–H and O–H groups in total. The van der Waals surface area contributed by atoms with E-state index in [0.29, 0.717) is 5.02 Å². The summed E-state index contributed by atoms with van der Waals surface area (Å²) in [5, 5.41) is 0.486. The molecule has 1 aromatic rings. The number of hydrogen-bond acceptors (Lipinski definition) is 2. The van der Waals surface area contributed by atoms with Gasteiger partial charge >= 0.3 is 10.2 Å². The summed E-state index contributed by atoms with van der Waals surface area (Å²) < 4.78 is 26.3. The Labute approximate surface area is 99.0 Å². The molecule has 1 rings (SSSR count). The van der Waals surface area contributed by atoms with Crippen molar-refractivity contribution < 1.29 is 8.42 Å². The van der Waals surface area contributed by atoms with Crippen LogP contribution in [0.25, 0.3) is 0 Å². The molecule has 0 aliphatic heterocycles. The van der Waals surface area contributed by atoms with Gasteiger partial charge < -0.3 is 0 Å². The van der Waals surface area contributed by atoms with E-state index < -0.39 is 10.2 Å². The molecule has 7 heteroatoms. The first-order chi connectivity index (χ1) is 6.84. The number of hydrogen-bond donors (Lipinski definition) is 1. The van der Waals surface area contributed by atoms with Crippen LogP contribution in [0.3, 0.4) is 0 Å². The lowest BCUT2D eigenvalue weighted by Crippen LogP contribution is -2.29. The van der Waals surface area contributed by atoms with Gasteiger partial charge in [-0.25, -0.2) is 0 Å². The van der Waals surface area contributed by atoms with E-state index >= 15 is 0 Å². The molecule has 0 fully saturated rings. The van der Waals surface area contributed by atoms with Gasteiger partial charge in [-0.1, -0.05) is 29.3 Å². The fourth-order valence-corrected chi connectivity index (χ4v) is 1.85. The second kappa shape index (κ2) is 4.57. The maximum Gasteiger partial charge on any atom is 0.301 e. The van der Waals surface area contributed by atoms with Gasteiger partial charge in [-0.15, -0.1) is 0 Å². The van der Waals surface area contributed by atoms with Crippen LogP contribution in [-0.2, 0) is 10.2 Å². The quantitative estimate of drug-likeness (QED) is 0.914. The minimum Gasteiger partial charge on any atom is -0.269 e. The Hall–Kier alpha value is -0.490. The van der Waals surface area contributed by atoms with Gasteiger partial charge in [0.05, 0.1) is 15.7 Å².